The van der Waals surface area contributed by atoms with Crippen molar-refractivity contribution >= 4 is 18.6 Å². The molecule has 17 heavy (non-hydrogen) atoms. The van der Waals surface area contributed by atoms with Crippen LogP contribution in [0.1, 0.15) is 53.9 Å². The summed E-state index contributed by atoms with van der Waals surface area (Å²) in [5, 5.41) is 19.0. The second-order valence-corrected chi connectivity index (χ2v) is 5.09. The topological polar surface area (TPSA) is 57.5 Å². The molecule has 2 N–H and O–H groups in total. The standard InChI is InChI=1S/C13H16O3S/c14-12-10(8-4-2-1-3-5-8)6-9(17)7-11(12)13(15)16/h6-8,14,17H,1-5H2,(H,15,16). The van der Waals surface area contributed by atoms with Gasteiger partial charge in [0.2, 0.25) is 0 Å². The minimum Gasteiger partial charge on any atom is -0.507 e. The van der Waals surface area contributed by atoms with Crippen LogP contribution in [0.2, 0.25) is 0 Å². The highest BCUT2D eigenvalue weighted by Crippen LogP contribution is 2.39. The van der Waals surface area contributed by atoms with Crippen molar-refractivity contribution in [1.29, 1.82) is 0 Å². The predicted molar refractivity (Wildman–Crippen MR) is 68.1 cm³/mol. The van der Waals surface area contributed by atoms with Crippen molar-refractivity contribution in [2.24, 2.45) is 0 Å². The van der Waals surface area contributed by atoms with Crippen LogP contribution in [0.3, 0.4) is 0 Å². The molecule has 0 radical (unpaired) electrons. The van der Waals surface area contributed by atoms with E-state index >= 15 is 0 Å². The summed E-state index contributed by atoms with van der Waals surface area (Å²) < 4.78 is 0. The highest BCUT2D eigenvalue weighted by molar-refractivity contribution is 7.80. The Morgan fingerprint density at radius 3 is 2.47 bits per heavy atom. The first-order chi connectivity index (χ1) is 8.09. The van der Waals surface area contributed by atoms with Crippen LogP contribution < -0.4 is 0 Å². The first-order valence-corrected chi connectivity index (χ1v) is 6.33. The zero-order valence-corrected chi connectivity index (χ0v) is 10.4. The summed E-state index contributed by atoms with van der Waals surface area (Å²) in [6.45, 7) is 0. The Morgan fingerprint density at radius 1 is 1.24 bits per heavy atom. The fourth-order valence-electron chi connectivity index (χ4n) is 2.53. The smallest absolute Gasteiger partial charge is 0.339 e. The summed E-state index contributed by atoms with van der Waals surface area (Å²) >= 11 is 4.21. The number of carbonyl (C=O) groups is 1. The van der Waals surface area contributed by atoms with Gasteiger partial charge in [0, 0.05) is 4.90 Å². The zero-order valence-electron chi connectivity index (χ0n) is 9.52. The van der Waals surface area contributed by atoms with E-state index in [9.17, 15) is 9.90 Å². The lowest BCUT2D eigenvalue weighted by atomic mass is 9.83. The van der Waals surface area contributed by atoms with Crippen molar-refractivity contribution in [3.63, 3.8) is 0 Å². The third-order valence-electron chi connectivity index (χ3n) is 3.40. The van der Waals surface area contributed by atoms with E-state index in [0.29, 0.717) is 4.90 Å². The quantitative estimate of drug-likeness (QED) is 0.707. The second-order valence-electron chi connectivity index (χ2n) is 4.57. The Balaban J connectivity index is 2.41. The molecule has 0 heterocycles. The number of hydrogen-bond donors (Lipinski definition) is 3. The Kier molecular flexibility index (Phi) is 3.62. The van der Waals surface area contributed by atoms with Crippen LogP contribution in [0.15, 0.2) is 17.0 Å². The molecule has 92 valence electrons. The van der Waals surface area contributed by atoms with Gasteiger partial charge >= 0.3 is 5.97 Å². The number of rotatable bonds is 2. The Morgan fingerprint density at radius 2 is 1.88 bits per heavy atom. The van der Waals surface area contributed by atoms with Crippen LogP contribution in [-0.2, 0) is 0 Å². The van der Waals surface area contributed by atoms with Crippen molar-refractivity contribution in [2.75, 3.05) is 0 Å². The van der Waals surface area contributed by atoms with Crippen molar-refractivity contribution in [2.45, 2.75) is 42.9 Å². The van der Waals surface area contributed by atoms with Gasteiger partial charge in [0.05, 0.1) is 0 Å². The monoisotopic (exact) mass is 252 g/mol. The number of benzene rings is 1. The van der Waals surface area contributed by atoms with E-state index in [4.69, 9.17) is 5.11 Å². The van der Waals surface area contributed by atoms with E-state index in [2.05, 4.69) is 12.6 Å². The molecule has 1 aliphatic rings. The number of hydrogen-bond acceptors (Lipinski definition) is 3. The lowest BCUT2D eigenvalue weighted by molar-refractivity contribution is 0.0693. The highest BCUT2D eigenvalue weighted by atomic mass is 32.1. The first-order valence-electron chi connectivity index (χ1n) is 5.88. The average molecular weight is 252 g/mol. The Bertz CT molecular complexity index is 437. The van der Waals surface area contributed by atoms with Gasteiger partial charge in [0.25, 0.3) is 0 Å². The number of phenols is 1. The fourth-order valence-corrected chi connectivity index (χ4v) is 2.80. The van der Waals surface area contributed by atoms with E-state index in [-0.39, 0.29) is 17.2 Å². The number of thiol groups is 1. The molecule has 1 aromatic rings. The SMILES string of the molecule is O=C(O)c1cc(S)cc(C2CCCCC2)c1O. The van der Waals surface area contributed by atoms with Gasteiger partial charge in [-0.1, -0.05) is 19.3 Å². The third-order valence-corrected chi connectivity index (χ3v) is 3.66. The molecule has 0 spiro atoms. The average Bonchev–Trinajstić information content (AvgIpc) is 2.32. The van der Waals surface area contributed by atoms with E-state index in [1.54, 1.807) is 6.07 Å². The molecule has 0 aliphatic heterocycles. The van der Waals surface area contributed by atoms with E-state index in [1.807, 2.05) is 0 Å². The zero-order chi connectivity index (χ0) is 12.4. The summed E-state index contributed by atoms with van der Waals surface area (Å²) in [4.78, 5) is 11.6. The minimum absolute atomic E-state index is 0.0435. The number of aromatic carboxylic acids is 1. The van der Waals surface area contributed by atoms with Crippen molar-refractivity contribution in [3.8, 4) is 5.75 Å². The molecule has 1 aliphatic carbocycles. The molecule has 3 nitrogen and oxygen atoms in total. The molecule has 4 heteroatoms. The van der Waals surface area contributed by atoms with Crippen molar-refractivity contribution in [3.05, 3.63) is 23.3 Å². The molecule has 1 saturated carbocycles. The van der Waals surface area contributed by atoms with Crippen LogP contribution in [0.4, 0.5) is 0 Å². The Labute approximate surface area is 106 Å². The molecule has 1 aromatic carbocycles. The number of carboxylic acid groups (broad SMARTS) is 1. The molecule has 0 saturated heterocycles. The third kappa shape index (κ3) is 2.57. The normalized spacial score (nSPS) is 17.0. The van der Waals surface area contributed by atoms with Gasteiger partial charge in [-0.15, -0.1) is 12.6 Å². The molecule has 0 aromatic heterocycles. The van der Waals surface area contributed by atoms with E-state index in [1.165, 1.54) is 12.5 Å². The van der Waals surface area contributed by atoms with Gasteiger partial charge in [-0.3, -0.25) is 0 Å². The van der Waals surface area contributed by atoms with Crippen LogP contribution in [0.5, 0.6) is 5.75 Å². The molecule has 2 rings (SSSR count). The largest absolute Gasteiger partial charge is 0.507 e. The van der Waals surface area contributed by atoms with Crippen LogP contribution in [0, 0.1) is 0 Å². The molecule has 0 atom stereocenters. The van der Waals surface area contributed by atoms with Gasteiger partial charge in [0.1, 0.15) is 11.3 Å². The maximum absolute atomic E-state index is 11.0. The maximum Gasteiger partial charge on any atom is 0.339 e. The van der Waals surface area contributed by atoms with Gasteiger partial charge in [-0.05, 0) is 36.5 Å². The molecular weight excluding hydrogens is 236 g/mol. The lowest BCUT2D eigenvalue weighted by Gasteiger charge is -2.23. The van der Waals surface area contributed by atoms with Crippen molar-refractivity contribution < 1.29 is 15.0 Å². The fraction of sp³-hybridized carbons (Fsp3) is 0.462. The molecule has 0 amide bonds. The summed E-state index contributed by atoms with van der Waals surface area (Å²) in [6, 6.07) is 3.19. The second kappa shape index (κ2) is 5.00. The Hall–Kier alpha value is -1.16. The molecule has 0 unspecified atom stereocenters. The maximum atomic E-state index is 11.0. The predicted octanol–water partition coefficient (Wildman–Crippen LogP) is 3.43. The van der Waals surface area contributed by atoms with Gasteiger partial charge in [0.15, 0.2) is 0 Å². The summed E-state index contributed by atoms with van der Waals surface area (Å²) in [5.74, 6) is -0.911. The summed E-state index contributed by atoms with van der Waals surface area (Å²) in [5.41, 5.74) is 0.702. The number of carboxylic acids is 1. The molecule has 1 fully saturated rings. The van der Waals surface area contributed by atoms with Gasteiger partial charge < -0.3 is 10.2 Å². The van der Waals surface area contributed by atoms with E-state index < -0.39 is 5.97 Å². The molecule has 0 bridgehead atoms. The van der Waals surface area contributed by atoms with Crippen LogP contribution in [-0.4, -0.2) is 16.2 Å². The summed E-state index contributed by atoms with van der Waals surface area (Å²) in [7, 11) is 0. The highest BCUT2D eigenvalue weighted by Gasteiger charge is 2.22. The van der Waals surface area contributed by atoms with Crippen molar-refractivity contribution in [1.82, 2.24) is 0 Å². The van der Waals surface area contributed by atoms with Crippen LogP contribution >= 0.6 is 12.6 Å². The van der Waals surface area contributed by atoms with Gasteiger partial charge in [-0.2, -0.15) is 0 Å². The molecular formula is C13H16O3S. The minimum atomic E-state index is -1.10. The summed E-state index contributed by atoms with van der Waals surface area (Å²) in [6.07, 6.45) is 5.55. The van der Waals surface area contributed by atoms with Crippen LogP contribution in [0.25, 0.3) is 0 Å². The van der Waals surface area contributed by atoms with Gasteiger partial charge in [-0.25, -0.2) is 4.79 Å². The number of aromatic hydroxyl groups is 1. The van der Waals surface area contributed by atoms with E-state index in [0.717, 1.165) is 31.2 Å². The first kappa shape index (κ1) is 12.3. The lowest BCUT2D eigenvalue weighted by Crippen LogP contribution is -2.07.